The van der Waals surface area contributed by atoms with Crippen LogP contribution in [0.15, 0.2) is 59.5 Å². The van der Waals surface area contributed by atoms with Gasteiger partial charge in [0, 0.05) is 18.6 Å². The van der Waals surface area contributed by atoms with Crippen LogP contribution in [0, 0.1) is 0 Å². The van der Waals surface area contributed by atoms with Gasteiger partial charge in [-0.3, -0.25) is 4.79 Å². The second-order valence-corrected chi connectivity index (χ2v) is 5.68. The van der Waals surface area contributed by atoms with E-state index >= 15 is 0 Å². The molecule has 2 aromatic rings. The Balaban J connectivity index is 1.73. The molecule has 0 bridgehead atoms. The first-order chi connectivity index (χ1) is 10.3. The molecule has 0 spiro atoms. The summed E-state index contributed by atoms with van der Waals surface area (Å²) in [7, 11) is 1.68. The first-order valence-electron chi connectivity index (χ1n) is 6.79. The minimum atomic E-state index is 0.0461. The van der Waals surface area contributed by atoms with E-state index < -0.39 is 0 Å². The minimum absolute atomic E-state index is 0.0461. The highest BCUT2D eigenvalue weighted by Gasteiger charge is 2.03. The van der Waals surface area contributed by atoms with Gasteiger partial charge in [-0.1, -0.05) is 42.5 Å². The maximum atomic E-state index is 11.8. The Morgan fingerprint density at radius 3 is 2.38 bits per heavy atom. The first kappa shape index (κ1) is 15.6. The number of carbonyl (C=O) groups excluding carboxylic acids is 1. The fourth-order valence-corrected chi connectivity index (χ4v) is 2.59. The number of carbonyl (C=O) groups is 1. The Morgan fingerprint density at radius 1 is 1.05 bits per heavy atom. The Morgan fingerprint density at radius 2 is 1.71 bits per heavy atom. The molecule has 1 amide bonds. The Kier molecular flexibility index (Phi) is 6.31. The number of ether oxygens (including phenoxy) is 1. The molecule has 0 aliphatic carbocycles. The van der Waals surface area contributed by atoms with Crippen LogP contribution in [0.4, 0.5) is 0 Å². The molecule has 0 saturated carbocycles. The van der Waals surface area contributed by atoms with Crippen LogP contribution in [0.25, 0.3) is 0 Å². The normalized spacial score (nSPS) is 10.3. The molecule has 21 heavy (non-hydrogen) atoms. The number of hydrogen-bond acceptors (Lipinski definition) is 3. The van der Waals surface area contributed by atoms with Crippen LogP contribution in [0.3, 0.4) is 0 Å². The van der Waals surface area contributed by atoms with E-state index in [0.29, 0.717) is 18.9 Å². The van der Waals surface area contributed by atoms with Crippen LogP contribution in [0.1, 0.15) is 11.1 Å². The molecule has 0 atom stereocenters. The maximum Gasteiger partial charge on any atom is 0.230 e. The van der Waals surface area contributed by atoms with Gasteiger partial charge in [0.1, 0.15) is 0 Å². The quantitative estimate of drug-likeness (QED) is 0.798. The summed E-state index contributed by atoms with van der Waals surface area (Å²) in [5.74, 6) is 0.482. The highest BCUT2D eigenvalue weighted by Crippen LogP contribution is 2.16. The summed E-state index contributed by atoms with van der Waals surface area (Å²) < 4.78 is 5.07. The molecule has 0 aliphatic rings. The highest BCUT2D eigenvalue weighted by atomic mass is 32.2. The minimum Gasteiger partial charge on any atom is -0.380 e. The molecule has 1 N–H and O–H groups in total. The summed E-state index contributed by atoms with van der Waals surface area (Å²) in [6.07, 6.45) is 0. The first-order valence-corrected chi connectivity index (χ1v) is 7.78. The van der Waals surface area contributed by atoms with E-state index in [1.165, 1.54) is 0 Å². The number of nitrogens with one attached hydrogen (secondary N) is 1. The van der Waals surface area contributed by atoms with Crippen molar-refractivity contribution in [3.05, 3.63) is 65.7 Å². The standard InChI is InChI=1S/C17H19NO2S/c1-20-12-15-9-7-14(8-10-15)11-18-17(19)13-21-16-5-3-2-4-6-16/h2-10H,11-13H2,1H3,(H,18,19). The van der Waals surface area contributed by atoms with Crippen LogP contribution < -0.4 is 5.32 Å². The van der Waals surface area contributed by atoms with Crippen molar-refractivity contribution in [3.8, 4) is 0 Å². The SMILES string of the molecule is COCc1ccc(CNC(=O)CSc2ccccc2)cc1. The molecule has 0 heterocycles. The van der Waals surface area contributed by atoms with Crippen molar-refractivity contribution in [3.63, 3.8) is 0 Å². The van der Waals surface area contributed by atoms with E-state index in [4.69, 9.17) is 4.74 Å². The predicted octanol–water partition coefficient (Wildman–Crippen LogP) is 3.24. The molecule has 0 aliphatic heterocycles. The molecule has 0 unspecified atom stereocenters. The molecule has 2 aromatic carbocycles. The molecule has 2 rings (SSSR count). The predicted molar refractivity (Wildman–Crippen MR) is 86.2 cm³/mol. The lowest BCUT2D eigenvalue weighted by Gasteiger charge is -2.06. The Hall–Kier alpha value is -1.78. The zero-order chi connectivity index (χ0) is 14.9. The number of amides is 1. The third-order valence-electron chi connectivity index (χ3n) is 2.94. The average molecular weight is 301 g/mol. The van der Waals surface area contributed by atoms with Gasteiger partial charge in [0.15, 0.2) is 0 Å². The van der Waals surface area contributed by atoms with E-state index in [1.54, 1.807) is 18.9 Å². The third kappa shape index (κ3) is 5.61. The zero-order valence-electron chi connectivity index (χ0n) is 12.0. The van der Waals surface area contributed by atoms with Crippen LogP contribution >= 0.6 is 11.8 Å². The molecule has 110 valence electrons. The molecular weight excluding hydrogens is 282 g/mol. The smallest absolute Gasteiger partial charge is 0.230 e. The summed E-state index contributed by atoms with van der Waals surface area (Å²) in [5.41, 5.74) is 2.22. The number of hydrogen-bond donors (Lipinski definition) is 1. The summed E-state index contributed by atoms with van der Waals surface area (Å²) in [6.45, 7) is 1.17. The van der Waals surface area contributed by atoms with Gasteiger partial charge >= 0.3 is 0 Å². The van der Waals surface area contributed by atoms with E-state index in [9.17, 15) is 4.79 Å². The molecular formula is C17H19NO2S. The van der Waals surface area contributed by atoms with Gasteiger partial charge in [0.2, 0.25) is 5.91 Å². The summed E-state index contributed by atoms with van der Waals surface area (Å²) in [4.78, 5) is 12.9. The fraction of sp³-hybridized carbons (Fsp3) is 0.235. The summed E-state index contributed by atoms with van der Waals surface area (Å²) in [5, 5.41) is 2.93. The maximum absolute atomic E-state index is 11.8. The van der Waals surface area contributed by atoms with Crippen molar-refractivity contribution in [1.82, 2.24) is 5.32 Å². The lowest BCUT2D eigenvalue weighted by Crippen LogP contribution is -2.24. The van der Waals surface area contributed by atoms with Crippen molar-refractivity contribution in [1.29, 1.82) is 0 Å². The fourth-order valence-electron chi connectivity index (χ4n) is 1.84. The zero-order valence-corrected chi connectivity index (χ0v) is 12.9. The number of thioether (sulfide) groups is 1. The third-order valence-corrected chi connectivity index (χ3v) is 3.95. The number of rotatable bonds is 7. The molecule has 0 radical (unpaired) electrons. The van der Waals surface area contributed by atoms with Crippen molar-refractivity contribution < 1.29 is 9.53 Å². The second kappa shape index (κ2) is 8.49. The van der Waals surface area contributed by atoms with Gasteiger partial charge < -0.3 is 10.1 Å². The van der Waals surface area contributed by atoms with Gasteiger partial charge in [-0.15, -0.1) is 11.8 Å². The van der Waals surface area contributed by atoms with Crippen LogP contribution in [0.5, 0.6) is 0 Å². The van der Waals surface area contributed by atoms with E-state index in [2.05, 4.69) is 5.32 Å². The average Bonchev–Trinajstić information content (AvgIpc) is 2.53. The Bertz CT molecular complexity index is 555. The molecule has 0 aromatic heterocycles. The summed E-state index contributed by atoms with van der Waals surface area (Å²) >= 11 is 1.54. The summed E-state index contributed by atoms with van der Waals surface area (Å²) in [6, 6.07) is 18.0. The van der Waals surface area contributed by atoms with E-state index in [-0.39, 0.29) is 5.91 Å². The lowest BCUT2D eigenvalue weighted by molar-refractivity contribution is -0.118. The number of benzene rings is 2. The lowest BCUT2D eigenvalue weighted by atomic mass is 10.1. The largest absolute Gasteiger partial charge is 0.380 e. The van der Waals surface area contributed by atoms with Crippen molar-refractivity contribution in [2.75, 3.05) is 12.9 Å². The second-order valence-electron chi connectivity index (χ2n) is 4.63. The van der Waals surface area contributed by atoms with Crippen molar-refractivity contribution in [2.24, 2.45) is 0 Å². The van der Waals surface area contributed by atoms with E-state index in [1.807, 2.05) is 54.6 Å². The van der Waals surface area contributed by atoms with Gasteiger partial charge in [0.05, 0.1) is 12.4 Å². The van der Waals surface area contributed by atoms with E-state index in [0.717, 1.165) is 16.0 Å². The van der Waals surface area contributed by atoms with Crippen LogP contribution in [-0.2, 0) is 22.7 Å². The number of methoxy groups -OCH3 is 1. The Labute approximate surface area is 129 Å². The van der Waals surface area contributed by atoms with Gasteiger partial charge in [-0.2, -0.15) is 0 Å². The molecule has 0 saturated heterocycles. The van der Waals surface area contributed by atoms with Crippen LogP contribution in [-0.4, -0.2) is 18.8 Å². The van der Waals surface area contributed by atoms with Gasteiger partial charge in [-0.25, -0.2) is 0 Å². The highest BCUT2D eigenvalue weighted by molar-refractivity contribution is 8.00. The monoisotopic (exact) mass is 301 g/mol. The molecule has 0 fully saturated rings. The van der Waals surface area contributed by atoms with Crippen molar-refractivity contribution in [2.45, 2.75) is 18.0 Å². The van der Waals surface area contributed by atoms with Crippen LogP contribution in [0.2, 0.25) is 0 Å². The van der Waals surface area contributed by atoms with Gasteiger partial charge in [-0.05, 0) is 23.3 Å². The topological polar surface area (TPSA) is 38.3 Å². The molecule has 3 nitrogen and oxygen atoms in total. The van der Waals surface area contributed by atoms with Gasteiger partial charge in [0.25, 0.3) is 0 Å². The molecule has 4 heteroatoms. The van der Waals surface area contributed by atoms with Crippen molar-refractivity contribution >= 4 is 17.7 Å².